The molecule has 5 heteroatoms. The van der Waals surface area contributed by atoms with Crippen LogP contribution < -0.4 is 5.32 Å². The van der Waals surface area contributed by atoms with Crippen LogP contribution in [0.25, 0.3) is 0 Å². The topological polar surface area (TPSA) is 45.2 Å². The van der Waals surface area contributed by atoms with Crippen LogP contribution in [0.15, 0.2) is 5.38 Å². The molecule has 3 rings (SSSR count). The molecule has 1 aliphatic carbocycles. The molecule has 0 unspecified atom stereocenters. The first-order valence-corrected chi connectivity index (χ1v) is 8.98. The molecule has 2 fully saturated rings. The summed E-state index contributed by atoms with van der Waals surface area (Å²) < 4.78 is 0. The number of thiazole rings is 1. The molecule has 0 radical (unpaired) electrons. The number of nitrogens with one attached hydrogen (secondary N) is 1. The van der Waals surface area contributed by atoms with Gasteiger partial charge in [-0.05, 0) is 25.2 Å². The van der Waals surface area contributed by atoms with Gasteiger partial charge in [0.25, 0.3) is 0 Å². The average Bonchev–Trinajstić information content (AvgIpc) is 3.24. The molecule has 116 valence electrons. The van der Waals surface area contributed by atoms with Crippen LogP contribution in [-0.2, 0) is 11.3 Å². The van der Waals surface area contributed by atoms with Crippen molar-refractivity contribution in [3.05, 3.63) is 16.1 Å². The number of piperidine rings is 1. The lowest BCUT2D eigenvalue weighted by Gasteiger charge is -2.38. The number of carbonyl (C=O) groups is 1. The predicted octanol–water partition coefficient (Wildman–Crippen LogP) is 2.76. The highest BCUT2D eigenvalue weighted by Crippen LogP contribution is 2.41. The van der Waals surface area contributed by atoms with Gasteiger partial charge in [0.2, 0.25) is 5.91 Å². The summed E-state index contributed by atoms with van der Waals surface area (Å²) >= 11 is 1.81. The van der Waals surface area contributed by atoms with Crippen molar-refractivity contribution in [1.82, 2.24) is 15.2 Å². The highest BCUT2D eigenvalue weighted by Gasteiger charge is 2.29. The number of aromatic nitrogens is 1. The Hall–Kier alpha value is -0.940. The summed E-state index contributed by atoms with van der Waals surface area (Å²) in [7, 11) is 0. The van der Waals surface area contributed by atoms with Gasteiger partial charge in [0.15, 0.2) is 0 Å². The zero-order valence-electron chi connectivity index (χ0n) is 13.0. The van der Waals surface area contributed by atoms with Crippen molar-refractivity contribution in [1.29, 1.82) is 0 Å². The molecule has 1 amide bonds. The first-order valence-electron chi connectivity index (χ1n) is 8.10. The molecule has 1 saturated carbocycles. The van der Waals surface area contributed by atoms with E-state index < -0.39 is 0 Å². The van der Waals surface area contributed by atoms with Gasteiger partial charge in [0, 0.05) is 43.9 Å². The van der Waals surface area contributed by atoms with E-state index in [0.717, 1.165) is 38.4 Å². The van der Waals surface area contributed by atoms with Gasteiger partial charge in [-0.1, -0.05) is 13.3 Å². The second-order valence-corrected chi connectivity index (χ2v) is 7.25. The van der Waals surface area contributed by atoms with E-state index in [1.807, 2.05) is 16.2 Å². The second-order valence-electron chi connectivity index (χ2n) is 6.36. The standard InChI is InChI=1S/C16H25N3OS/c1-3-12-9-19(11(2)20)7-6-15(12)17-8-14-10-21-16(18-14)13-4-5-13/h10,12-13,15,17H,3-9H2,1-2H3/t12-,15+/m1/s1. The van der Waals surface area contributed by atoms with Crippen molar-refractivity contribution >= 4 is 17.2 Å². The Balaban J connectivity index is 1.52. The number of rotatable bonds is 5. The number of hydrogen-bond acceptors (Lipinski definition) is 4. The molecule has 1 aliphatic heterocycles. The Morgan fingerprint density at radius 1 is 1.48 bits per heavy atom. The Morgan fingerprint density at radius 3 is 2.95 bits per heavy atom. The molecule has 1 aromatic rings. The van der Waals surface area contributed by atoms with E-state index in [1.165, 1.54) is 23.5 Å². The van der Waals surface area contributed by atoms with E-state index in [-0.39, 0.29) is 5.91 Å². The molecule has 1 aromatic heterocycles. The zero-order chi connectivity index (χ0) is 14.8. The molecule has 0 spiro atoms. The Bertz CT molecular complexity index is 497. The fourth-order valence-corrected chi connectivity index (χ4v) is 4.15. The average molecular weight is 307 g/mol. The summed E-state index contributed by atoms with van der Waals surface area (Å²) in [4.78, 5) is 18.2. The smallest absolute Gasteiger partial charge is 0.219 e. The van der Waals surface area contributed by atoms with Crippen molar-refractivity contribution in [2.45, 2.75) is 58.0 Å². The van der Waals surface area contributed by atoms with E-state index in [2.05, 4.69) is 17.6 Å². The third kappa shape index (κ3) is 3.64. The van der Waals surface area contributed by atoms with Gasteiger partial charge < -0.3 is 10.2 Å². The third-order valence-corrected chi connectivity index (χ3v) is 5.80. The van der Waals surface area contributed by atoms with Gasteiger partial charge in [-0.25, -0.2) is 4.98 Å². The van der Waals surface area contributed by atoms with Gasteiger partial charge in [-0.15, -0.1) is 11.3 Å². The lowest BCUT2D eigenvalue weighted by Crippen LogP contribution is -2.50. The fraction of sp³-hybridized carbons (Fsp3) is 0.750. The van der Waals surface area contributed by atoms with Crippen LogP contribution in [0.2, 0.25) is 0 Å². The molecule has 0 aromatic carbocycles. The van der Waals surface area contributed by atoms with E-state index in [9.17, 15) is 4.79 Å². The van der Waals surface area contributed by atoms with Crippen LogP contribution in [0.5, 0.6) is 0 Å². The molecule has 2 aliphatic rings. The van der Waals surface area contributed by atoms with Gasteiger partial charge in [0.1, 0.15) is 0 Å². The first kappa shape index (κ1) is 15.0. The maximum absolute atomic E-state index is 11.5. The zero-order valence-corrected chi connectivity index (χ0v) is 13.8. The quantitative estimate of drug-likeness (QED) is 0.910. The van der Waals surface area contributed by atoms with Crippen molar-refractivity contribution in [2.24, 2.45) is 5.92 Å². The Kier molecular flexibility index (Phi) is 4.60. The van der Waals surface area contributed by atoms with Crippen LogP contribution in [0.4, 0.5) is 0 Å². The van der Waals surface area contributed by atoms with Gasteiger partial charge in [-0.2, -0.15) is 0 Å². The summed E-state index contributed by atoms with van der Waals surface area (Å²) in [6.07, 6.45) is 4.81. The minimum absolute atomic E-state index is 0.209. The second kappa shape index (κ2) is 6.44. The number of amides is 1. The fourth-order valence-electron chi connectivity index (χ4n) is 3.16. The van der Waals surface area contributed by atoms with Crippen molar-refractivity contribution in [3.8, 4) is 0 Å². The molecule has 1 N–H and O–H groups in total. The monoisotopic (exact) mass is 307 g/mol. The summed E-state index contributed by atoms with van der Waals surface area (Å²) in [6.45, 7) is 6.54. The summed E-state index contributed by atoms with van der Waals surface area (Å²) in [5.41, 5.74) is 1.19. The molecule has 4 nitrogen and oxygen atoms in total. The highest BCUT2D eigenvalue weighted by molar-refractivity contribution is 7.09. The number of carbonyl (C=O) groups excluding carboxylic acids is 1. The van der Waals surface area contributed by atoms with Crippen molar-refractivity contribution in [3.63, 3.8) is 0 Å². The minimum atomic E-state index is 0.209. The Labute approximate surface area is 130 Å². The number of hydrogen-bond donors (Lipinski definition) is 1. The summed E-state index contributed by atoms with van der Waals surface area (Å²) in [6, 6.07) is 0.511. The predicted molar refractivity (Wildman–Crippen MR) is 85.4 cm³/mol. The van der Waals surface area contributed by atoms with E-state index in [1.54, 1.807) is 6.92 Å². The number of nitrogens with zero attached hydrogens (tertiary/aromatic N) is 2. The Morgan fingerprint density at radius 2 is 2.29 bits per heavy atom. The van der Waals surface area contributed by atoms with Gasteiger partial charge in [-0.3, -0.25) is 4.79 Å². The van der Waals surface area contributed by atoms with Crippen LogP contribution in [0.3, 0.4) is 0 Å². The molecular weight excluding hydrogens is 282 g/mol. The lowest BCUT2D eigenvalue weighted by molar-refractivity contribution is -0.131. The third-order valence-electron chi connectivity index (χ3n) is 4.75. The number of likely N-dealkylation sites (tertiary alicyclic amines) is 1. The van der Waals surface area contributed by atoms with E-state index >= 15 is 0 Å². The molecule has 2 atom stereocenters. The molecule has 2 heterocycles. The first-order chi connectivity index (χ1) is 10.2. The van der Waals surface area contributed by atoms with Crippen LogP contribution in [0.1, 0.15) is 56.2 Å². The van der Waals surface area contributed by atoms with Crippen LogP contribution in [-0.4, -0.2) is 34.9 Å². The van der Waals surface area contributed by atoms with E-state index in [0.29, 0.717) is 12.0 Å². The lowest BCUT2D eigenvalue weighted by atomic mass is 9.90. The largest absolute Gasteiger partial charge is 0.343 e. The van der Waals surface area contributed by atoms with Crippen LogP contribution in [0, 0.1) is 5.92 Å². The van der Waals surface area contributed by atoms with Crippen molar-refractivity contribution in [2.75, 3.05) is 13.1 Å². The molecular formula is C16H25N3OS. The highest BCUT2D eigenvalue weighted by atomic mass is 32.1. The normalized spacial score (nSPS) is 26.1. The maximum atomic E-state index is 11.5. The van der Waals surface area contributed by atoms with Crippen molar-refractivity contribution < 1.29 is 4.79 Å². The SMILES string of the molecule is CC[C@@H]1CN(C(C)=O)CC[C@@H]1NCc1csc(C2CC2)n1. The minimum Gasteiger partial charge on any atom is -0.343 e. The van der Waals surface area contributed by atoms with Gasteiger partial charge >= 0.3 is 0 Å². The van der Waals surface area contributed by atoms with Crippen LogP contribution >= 0.6 is 11.3 Å². The molecule has 1 saturated heterocycles. The van der Waals surface area contributed by atoms with Gasteiger partial charge in [0.05, 0.1) is 10.7 Å². The maximum Gasteiger partial charge on any atom is 0.219 e. The summed E-state index contributed by atoms with van der Waals surface area (Å²) in [5, 5.41) is 7.20. The summed E-state index contributed by atoms with van der Waals surface area (Å²) in [5.74, 6) is 1.52. The molecule has 0 bridgehead atoms. The van der Waals surface area contributed by atoms with E-state index in [4.69, 9.17) is 4.98 Å². The molecule has 21 heavy (non-hydrogen) atoms.